The molecule has 0 bridgehead atoms. The van der Waals surface area contributed by atoms with Crippen LogP contribution in [0.4, 0.5) is 5.69 Å². The summed E-state index contributed by atoms with van der Waals surface area (Å²) in [5.74, 6) is 1.11. The van der Waals surface area contributed by atoms with Crippen LogP contribution in [0.3, 0.4) is 0 Å². The number of carbonyl (C=O) groups is 1. The summed E-state index contributed by atoms with van der Waals surface area (Å²) in [5.41, 5.74) is 2.79. The first kappa shape index (κ1) is 17.0. The van der Waals surface area contributed by atoms with Gasteiger partial charge in [0.15, 0.2) is 0 Å². The second kappa shape index (κ2) is 8.29. The second-order valence-corrected chi connectivity index (χ2v) is 5.41. The Morgan fingerprint density at radius 3 is 2.83 bits per heavy atom. The first-order chi connectivity index (χ1) is 11.1. The zero-order valence-electron chi connectivity index (χ0n) is 13.8. The molecule has 1 aromatic heterocycles. The van der Waals surface area contributed by atoms with Crippen LogP contribution in [-0.4, -0.2) is 24.5 Å². The lowest BCUT2D eigenvalue weighted by atomic mass is 10.1. The molecule has 0 saturated carbocycles. The number of hydrogen-bond donors (Lipinski definition) is 2. The van der Waals surface area contributed by atoms with Gasteiger partial charge in [-0.2, -0.15) is 0 Å². The third kappa shape index (κ3) is 4.79. The molecule has 0 aliphatic heterocycles. The first-order valence-corrected chi connectivity index (χ1v) is 7.75. The van der Waals surface area contributed by atoms with Crippen molar-refractivity contribution in [3.63, 3.8) is 0 Å². The predicted molar refractivity (Wildman–Crippen MR) is 92.0 cm³/mol. The van der Waals surface area contributed by atoms with Crippen molar-refractivity contribution in [1.29, 1.82) is 0 Å². The van der Waals surface area contributed by atoms with Crippen molar-refractivity contribution in [2.45, 2.75) is 26.7 Å². The number of aromatic nitrogens is 1. The maximum atomic E-state index is 12.0. The molecular formula is C18H23N3O2. The second-order valence-electron chi connectivity index (χ2n) is 5.41. The zero-order chi connectivity index (χ0) is 16.7. The molecule has 0 aliphatic carbocycles. The van der Waals surface area contributed by atoms with Crippen molar-refractivity contribution in [2.75, 3.05) is 18.9 Å². The normalized spacial score (nSPS) is 10.4. The van der Waals surface area contributed by atoms with Gasteiger partial charge >= 0.3 is 0 Å². The minimum Gasteiger partial charge on any atom is -0.437 e. The molecule has 0 radical (unpaired) electrons. The van der Waals surface area contributed by atoms with E-state index in [-0.39, 0.29) is 5.91 Å². The van der Waals surface area contributed by atoms with E-state index < -0.39 is 0 Å². The van der Waals surface area contributed by atoms with Gasteiger partial charge in [0.1, 0.15) is 11.4 Å². The highest BCUT2D eigenvalue weighted by Crippen LogP contribution is 2.30. The number of hydrogen-bond acceptors (Lipinski definition) is 4. The number of carbonyl (C=O) groups excluding carboxylic acids is 1. The highest BCUT2D eigenvalue weighted by Gasteiger charge is 2.11. The SMILES string of the molecule is CNCCCC(=O)Nc1cccnc1Oc1cccc(C)c1C. The number of amides is 1. The van der Waals surface area contributed by atoms with Gasteiger partial charge in [-0.25, -0.2) is 4.98 Å². The van der Waals surface area contributed by atoms with E-state index in [4.69, 9.17) is 4.74 Å². The Bertz CT molecular complexity index is 671. The number of nitrogens with one attached hydrogen (secondary N) is 2. The van der Waals surface area contributed by atoms with Crippen LogP contribution in [0.25, 0.3) is 0 Å². The van der Waals surface area contributed by atoms with Crippen molar-refractivity contribution in [1.82, 2.24) is 10.3 Å². The molecule has 5 nitrogen and oxygen atoms in total. The number of ether oxygens (including phenoxy) is 1. The van der Waals surface area contributed by atoms with Crippen molar-refractivity contribution in [3.8, 4) is 11.6 Å². The molecule has 2 aromatic rings. The molecule has 0 atom stereocenters. The fourth-order valence-electron chi connectivity index (χ4n) is 2.14. The predicted octanol–water partition coefficient (Wildman–Crippen LogP) is 3.43. The molecule has 5 heteroatoms. The summed E-state index contributed by atoms with van der Waals surface area (Å²) >= 11 is 0. The minimum absolute atomic E-state index is 0.0425. The van der Waals surface area contributed by atoms with E-state index in [9.17, 15) is 4.79 Å². The van der Waals surface area contributed by atoms with Gasteiger partial charge in [-0.15, -0.1) is 0 Å². The van der Waals surface area contributed by atoms with Gasteiger partial charge in [0.05, 0.1) is 0 Å². The number of anilines is 1. The van der Waals surface area contributed by atoms with Gasteiger partial charge in [-0.05, 0) is 63.2 Å². The fraction of sp³-hybridized carbons (Fsp3) is 0.333. The monoisotopic (exact) mass is 313 g/mol. The van der Waals surface area contributed by atoms with Crippen molar-refractivity contribution in [2.24, 2.45) is 0 Å². The van der Waals surface area contributed by atoms with E-state index in [2.05, 4.69) is 15.6 Å². The standard InChI is InChI=1S/C18H23N3O2/c1-13-7-4-9-16(14(13)2)23-18-15(8-5-12-20-18)21-17(22)10-6-11-19-3/h4-5,7-9,12,19H,6,10-11H2,1-3H3,(H,21,22). The molecule has 0 saturated heterocycles. The van der Waals surface area contributed by atoms with Crippen LogP contribution in [0, 0.1) is 13.8 Å². The molecule has 0 aliphatic rings. The molecule has 2 N–H and O–H groups in total. The van der Waals surface area contributed by atoms with E-state index >= 15 is 0 Å². The van der Waals surface area contributed by atoms with Crippen LogP contribution < -0.4 is 15.4 Å². The lowest BCUT2D eigenvalue weighted by Crippen LogP contribution is -2.15. The average Bonchev–Trinajstić information content (AvgIpc) is 2.54. The Labute approximate surface area is 137 Å². The number of rotatable bonds is 7. The summed E-state index contributed by atoms with van der Waals surface area (Å²) in [7, 11) is 1.87. The van der Waals surface area contributed by atoms with Crippen LogP contribution >= 0.6 is 0 Å². The maximum Gasteiger partial charge on any atom is 0.243 e. The first-order valence-electron chi connectivity index (χ1n) is 7.75. The van der Waals surface area contributed by atoms with Gasteiger partial charge in [-0.1, -0.05) is 12.1 Å². The third-order valence-corrected chi connectivity index (χ3v) is 3.64. The highest BCUT2D eigenvalue weighted by atomic mass is 16.5. The molecule has 23 heavy (non-hydrogen) atoms. The lowest BCUT2D eigenvalue weighted by molar-refractivity contribution is -0.116. The maximum absolute atomic E-state index is 12.0. The Morgan fingerprint density at radius 2 is 2.04 bits per heavy atom. The van der Waals surface area contributed by atoms with Gasteiger partial charge in [-0.3, -0.25) is 4.79 Å². The topological polar surface area (TPSA) is 63.2 Å². The summed E-state index contributed by atoms with van der Waals surface area (Å²) in [6, 6.07) is 9.44. The Kier molecular flexibility index (Phi) is 6.11. The van der Waals surface area contributed by atoms with Crippen molar-refractivity contribution in [3.05, 3.63) is 47.7 Å². The molecule has 1 amide bonds. The molecule has 1 heterocycles. The third-order valence-electron chi connectivity index (χ3n) is 3.64. The lowest BCUT2D eigenvalue weighted by Gasteiger charge is -2.13. The molecule has 122 valence electrons. The van der Waals surface area contributed by atoms with Gasteiger partial charge in [0.25, 0.3) is 0 Å². The van der Waals surface area contributed by atoms with E-state index in [1.807, 2.05) is 39.1 Å². The van der Waals surface area contributed by atoms with Gasteiger partial charge in [0.2, 0.25) is 11.8 Å². The van der Waals surface area contributed by atoms with Crippen molar-refractivity contribution < 1.29 is 9.53 Å². The van der Waals surface area contributed by atoms with Crippen LogP contribution in [0.5, 0.6) is 11.6 Å². The van der Waals surface area contributed by atoms with Gasteiger partial charge < -0.3 is 15.4 Å². The minimum atomic E-state index is -0.0425. The smallest absolute Gasteiger partial charge is 0.243 e. The zero-order valence-corrected chi connectivity index (χ0v) is 13.8. The number of aryl methyl sites for hydroxylation is 1. The molecular weight excluding hydrogens is 290 g/mol. The largest absolute Gasteiger partial charge is 0.437 e. The molecule has 0 spiro atoms. The van der Waals surface area contributed by atoms with E-state index in [1.165, 1.54) is 0 Å². The van der Waals surface area contributed by atoms with Crippen LogP contribution in [0.1, 0.15) is 24.0 Å². The summed E-state index contributed by atoms with van der Waals surface area (Å²) in [6.45, 7) is 4.85. The summed E-state index contributed by atoms with van der Waals surface area (Å²) in [6.07, 6.45) is 2.89. The van der Waals surface area contributed by atoms with Crippen molar-refractivity contribution >= 4 is 11.6 Å². The van der Waals surface area contributed by atoms with E-state index in [0.717, 1.165) is 29.8 Å². The number of benzene rings is 1. The number of pyridine rings is 1. The van der Waals surface area contributed by atoms with Crippen LogP contribution in [0.2, 0.25) is 0 Å². The Hall–Kier alpha value is -2.40. The fourth-order valence-corrected chi connectivity index (χ4v) is 2.14. The molecule has 0 unspecified atom stereocenters. The summed E-state index contributed by atoms with van der Waals surface area (Å²) < 4.78 is 5.91. The Balaban J connectivity index is 2.11. The number of nitrogens with zero attached hydrogens (tertiary/aromatic N) is 1. The quantitative estimate of drug-likeness (QED) is 0.769. The molecule has 2 rings (SSSR count). The molecule has 1 aromatic carbocycles. The highest BCUT2D eigenvalue weighted by molar-refractivity contribution is 5.91. The summed E-state index contributed by atoms with van der Waals surface area (Å²) in [5, 5.41) is 5.89. The average molecular weight is 313 g/mol. The Morgan fingerprint density at radius 1 is 1.22 bits per heavy atom. The van der Waals surface area contributed by atoms with E-state index in [0.29, 0.717) is 18.0 Å². The van der Waals surface area contributed by atoms with Crippen LogP contribution in [-0.2, 0) is 4.79 Å². The summed E-state index contributed by atoms with van der Waals surface area (Å²) in [4.78, 5) is 16.2. The van der Waals surface area contributed by atoms with Crippen LogP contribution in [0.15, 0.2) is 36.5 Å². The van der Waals surface area contributed by atoms with Gasteiger partial charge in [0, 0.05) is 12.6 Å². The molecule has 0 fully saturated rings. The van der Waals surface area contributed by atoms with E-state index in [1.54, 1.807) is 18.3 Å².